The van der Waals surface area contributed by atoms with Crippen LogP contribution in [0.1, 0.15) is 15.9 Å². The molecule has 0 N–H and O–H groups in total. The number of Topliss-reactive ketones (excluding diaryl/α,β-unsaturated/α-hetero) is 1. The molecule has 0 bridgehead atoms. The van der Waals surface area contributed by atoms with E-state index in [1.165, 1.54) is 23.0 Å². The van der Waals surface area contributed by atoms with Crippen LogP contribution in [0.5, 0.6) is 0 Å². The highest BCUT2D eigenvalue weighted by Crippen LogP contribution is 2.29. The van der Waals surface area contributed by atoms with Crippen LogP contribution in [0.4, 0.5) is 13.2 Å². The standard InChI is InChI=1S/C19H14F3N2O.BrH/c20-19(21,22)16-8-4-7-15(11-16)18(25)12-24-10-9-17(23-13-24)14-5-2-1-3-6-14;/h1-11,13H,12H2;1H/q+1;/p-1. The van der Waals surface area contributed by atoms with Crippen molar-refractivity contribution >= 4 is 5.78 Å². The number of alkyl halides is 3. The van der Waals surface area contributed by atoms with Gasteiger partial charge in [-0.3, -0.25) is 4.79 Å². The maximum absolute atomic E-state index is 12.7. The lowest BCUT2D eigenvalue weighted by Crippen LogP contribution is -3.00. The summed E-state index contributed by atoms with van der Waals surface area (Å²) in [5.41, 5.74) is 0.887. The minimum absolute atomic E-state index is 0. The summed E-state index contributed by atoms with van der Waals surface area (Å²) in [6.07, 6.45) is -1.29. The molecule has 134 valence electrons. The zero-order valence-corrected chi connectivity index (χ0v) is 15.0. The Kier molecular flexibility index (Phi) is 6.26. The summed E-state index contributed by atoms with van der Waals surface area (Å²) in [5, 5.41) is 0. The topological polar surface area (TPSA) is 33.8 Å². The molecule has 1 aromatic heterocycles. The van der Waals surface area contributed by atoms with Gasteiger partial charge in [-0.25, -0.2) is 4.57 Å². The van der Waals surface area contributed by atoms with E-state index in [0.717, 1.165) is 23.4 Å². The molecule has 0 fully saturated rings. The Balaban J connectivity index is 0.00000243. The minimum Gasteiger partial charge on any atom is -1.00 e. The van der Waals surface area contributed by atoms with Crippen molar-refractivity contribution in [3.05, 3.63) is 84.3 Å². The Bertz CT molecular complexity index is 881. The van der Waals surface area contributed by atoms with E-state index in [0.29, 0.717) is 0 Å². The molecule has 0 radical (unpaired) electrons. The SMILES string of the molecule is O=C(C[n+]1ccc(-c2ccccc2)nc1)c1cccc(C(F)(F)F)c1.[Br-]. The first-order valence-corrected chi connectivity index (χ1v) is 7.54. The first kappa shape index (κ1) is 19.8. The van der Waals surface area contributed by atoms with Gasteiger partial charge in [0.2, 0.25) is 5.78 Å². The number of aromatic nitrogens is 2. The second-order valence-corrected chi connectivity index (χ2v) is 5.49. The van der Waals surface area contributed by atoms with E-state index >= 15 is 0 Å². The van der Waals surface area contributed by atoms with E-state index in [2.05, 4.69) is 4.98 Å². The van der Waals surface area contributed by atoms with Crippen LogP contribution in [-0.2, 0) is 12.7 Å². The zero-order valence-electron chi connectivity index (χ0n) is 13.4. The summed E-state index contributed by atoms with van der Waals surface area (Å²) in [7, 11) is 0. The second-order valence-electron chi connectivity index (χ2n) is 5.49. The predicted octanol–water partition coefficient (Wildman–Crippen LogP) is 0.942. The zero-order chi connectivity index (χ0) is 17.9. The fraction of sp³-hybridized carbons (Fsp3) is 0.105. The molecule has 3 nitrogen and oxygen atoms in total. The van der Waals surface area contributed by atoms with Crippen LogP contribution >= 0.6 is 0 Å². The molecule has 0 saturated heterocycles. The summed E-state index contributed by atoms with van der Waals surface area (Å²) >= 11 is 0. The number of hydrogen-bond donors (Lipinski definition) is 0. The van der Waals surface area contributed by atoms with Crippen molar-refractivity contribution in [1.82, 2.24) is 4.98 Å². The van der Waals surface area contributed by atoms with Gasteiger partial charge in [0.1, 0.15) is 0 Å². The molecule has 0 atom stereocenters. The number of carbonyl (C=O) groups is 1. The Labute approximate surface area is 158 Å². The molecule has 1 heterocycles. The van der Waals surface area contributed by atoms with Crippen molar-refractivity contribution in [1.29, 1.82) is 0 Å². The molecule has 0 amide bonds. The van der Waals surface area contributed by atoms with Crippen molar-refractivity contribution in [2.45, 2.75) is 12.7 Å². The van der Waals surface area contributed by atoms with Gasteiger partial charge in [0.05, 0.1) is 11.8 Å². The van der Waals surface area contributed by atoms with Crippen LogP contribution in [0.3, 0.4) is 0 Å². The lowest BCUT2D eigenvalue weighted by Gasteiger charge is -2.07. The third-order valence-corrected chi connectivity index (χ3v) is 3.68. The maximum Gasteiger partial charge on any atom is 0.416 e. The fourth-order valence-corrected chi connectivity index (χ4v) is 2.38. The van der Waals surface area contributed by atoms with Gasteiger partial charge in [0, 0.05) is 17.2 Å². The highest BCUT2D eigenvalue weighted by Gasteiger charge is 2.31. The largest absolute Gasteiger partial charge is 1.00 e. The van der Waals surface area contributed by atoms with Gasteiger partial charge in [-0.1, -0.05) is 42.5 Å². The third kappa shape index (κ3) is 4.76. The molecule has 0 aliphatic rings. The van der Waals surface area contributed by atoms with Gasteiger partial charge < -0.3 is 17.0 Å². The van der Waals surface area contributed by atoms with Crippen molar-refractivity contribution in [3.63, 3.8) is 0 Å². The van der Waals surface area contributed by atoms with Gasteiger partial charge in [0.15, 0.2) is 12.2 Å². The van der Waals surface area contributed by atoms with E-state index in [1.807, 2.05) is 30.3 Å². The molecule has 0 aliphatic carbocycles. The van der Waals surface area contributed by atoms with E-state index < -0.39 is 17.5 Å². The molecule has 0 unspecified atom stereocenters. The molecule has 7 heteroatoms. The summed E-state index contributed by atoms with van der Waals surface area (Å²) < 4.78 is 39.7. The highest BCUT2D eigenvalue weighted by molar-refractivity contribution is 5.95. The Morgan fingerprint density at radius 1 is 1.00 bits per heavy atom. The monoisotopic (exact) mass is 422 g/mol. The fourth-order valence-electron chi connectivity index (χ4n) is 2.38. The van der Waals surface area contributed by atoms with Crippen LogP contribution in [0.25, 0.3) is 11.3 Å². The smallest absolute Gasteiger partial charge is 0.416 e. The molecule has 3 aromatic rings. The summed E-state index contributed by atoms with van der Waals surface area (Å²) in [4.78, 5) is 16.5. The van der Waals surface area contributed by atoms with Crippen LogP contribution in [-0.4, -0.2) is 10.8 Å². The third-order valence-electron chi connectivity index (χ3n) is 3.68. The molecule has 0 aliphatic heterocycles. The van der Waals surface area contributed by atoms with Gasteiger partial charge in [-0.2, -0.15) is 13.2 Å². The Hall–Kier alpha value is -2.54. The van der Waals surface area contributed by atoms with Crippen molar-refractivity contribution < 1.29 is 39.5 Å². The molecule has 26 heavy (non-hydrogen) atoms. The van der Waals surface area contributed by atoms with E-state index in [4.69, 9.17) is 0 Å². The number of ketones is 1. The lowest BCUT2D eigenvalue weighted by molar-refractivity contribution is -0.686. The van der Waals surface area contributed by atoms with Crippen LogP contribution in [0.15, 0.2) is 73.2 Å². The second kappa shape index (κ2) is 8.23. The number of hydrogen-bond acceptors (Lipinski definition) is 2. The Morgan fingerprint density at radius 2 is 1.73 bits per heavy atom. The lowest BCUT2D eigenvalue weighted by atomic mass is 10.1. The van der Waals surface area contributed by atoms with Crippen LogP contribution < -0.4 is 21.5 Å². The van der Waals surface area contributed by atoms with E-state index in [9.17, 15) is 18.0 Å². The minimum atomic E-state index is -4.47. The van der Waals surface area contributed by atoms with E-state index in [-0.39, 0.29) is 29.1 Å². The average molecular weight is 423 g/mol. The van der Waals surface area contributed by atoms with Crippen LogP contribution in [0, 0.1) is 0 Å². The normalized spacial score (nSPS) is 10.9. The maximum atomic E-state index is 12.7. The highest BCUT2D eigenvalue weighted by atomic mass is 79.9. The molecule has 0 spiro atoms. The van der Waals surface area contributed by atoms with Gasteiger partial charge in [0.25, 0.3) is 6.33 Å². The molecular formula is C19H14BrF3N2O. The number of benzene rings is 2. The number of rotatable bonds is 4. The summed E-state index contributed by atoms with van der Waals surface area (Å²) in [6, 6.07) is 15.7. The van der Waals surface area contributed by atoms with Crippen molar-refractivity contribution in [2.24, 2.45) is 0 Å². The first-order chi connectivity index (χ1) is 11.9. The average Bonchev–Trinajstić information content (AvgIpc) is 2.62. The molecule has 0 saturated carbocycles. The number of carbonyl (C=O) groups excluding carboxylic acids is 1. The summed E-state index contributed by atoms with van der Waals surface area (Å²) in [6.45, 7) is -0.0800. The van der Waals surface area contributed by atoms with E-state index in [1.54, 1.807) is 12.3 Å². The molecular weight excluding hydrogens is 409 g/mol. The molecule has 2 aromatic carbocycles. The van der Waals surface area contributed by atoms with Crippen LogP contribution in [0.2, 0.25) is 0 Å². The van der Waals surface area contributed by atoms with Gasteiger partial charge >= 0.3 is 6.18 Å². The van der Waals surface area contributed by atoms with Crippen molar-refractivity contribution in [3.8, 4) is 11.3 Å². The summed E-state index contributed by atoms with van der Waals surface area (Å²) in [5.74, 6) is -0.412. The molecule has 3 rings (SSSR count). The Morgan fingerprint density at radius 3 is 2.35 bits per heavy atom. The quantitative estimate of drug-likeness (QED) is 0.463. The number of nitrogens with zero attached hydrogens (tertiary/aromatic N) is 2. The van der Waals surface area contributed by atoms with Crippen molar-refractivity contribution in [2.75, 3.05) is 0 Å². The first-order valence-electron chi connectivity index (χ1n) is 7.54. The van der Waals surface area contributed by atoms with Gasteiger partial charge in [-0.15, -0.1) is 0 Å². The van der Waals surface area contributed by atoms with Gasteiger partial charge in [-0.05, 0) is 17.1 Å². The predicted molar refractivity (Wildman–Crippen MR) is 85.6 cm³/mol. The number of halogens is 4.